The van der Waals surface area contributed by atoms with Crippen LogP contribution >= 0.6 is 0 Å². The summed E-state index contributed by atoms with van der Waals surface area (Å²) in [5.74, 6) is -3.35. The highest BCUT2D eigenvalue weighted by Gasteiger charge is 2.27. The molecule has 0 saturated heterocycles. The van der Waals surface area contributed by atoms with Gasteiger partial charge in [0.15, 0.2) is 10.5 Å². The molecule has 0 aliphatic heterocycles. The second-order valence-corrected chi connectivity index (χ2v) is 9.66. The Morgan fingerprint density at radius 2 is 1.71 bits per heavy atom. The molecule has 2 aromatic heterocycles. The van der Waals surface area contributed by atoms with E-state index in [1.165, 1.54) is 12.4 Å². The number of nitrogens with zero attached hydrogens (tertiary/aromatic N) is 4. The van der Waals surface area contributed by atoms with Crippen molar-refractivity contribution < 1.29 is 21.6 Å². The van der Waals surface area contributed by atoms with Gasteiger partial charge in [0, 0.05) is 5.56 Å². The fourth-order valence-electron chi connectivity index (χ4n) is 4.28. The average Bonchev–Trinajstić information content (AvgIpc) is 3.43. The minimum Gasteiger partial charge on any atom is -0.383 e. The molecular formula is C22H19F3N6O2S. The lowest BCUT2D eigenvalue weighted by molar-refractivity contribution is 0.479. The minimum atomic E-state index is -4.72. The quantitative estimate of drug-likeness (QED) is 0.430. The molecule has 1 aliphatic carbocycles. The van der Waals surface area contributed by atoms with Crippen LogP contribution in [0.25, 0.3) is 22.3 Å². The van der Waals surface area contributed by atoms with E-state index in [2.05, 4.69) is 15.1 Å². The molecule has 0 bridgehead atoms. The number of nitrogens with one attached hydrogen (secondary N) is 1. The van der Waals surface area contributed by atoms with Gasteiger partial charge >= 0.3 is 0 Å². The van der Waals surface area contributed by atoms with E-state index in [0.717, 1.165) is 56.0 Å². The lowest BCUT2D eigenvalue weighted by atomic mass is 10.1. The lowest BCUT2D eigenvalue weighted by Gasteiger charge is -2.11. The SMILES string of the molecule is Nc1ncnc2c1c(-c1ccc(NS(=O)(=O)c3c(F)cccc3F)c(F)c1)nn2C1CCCC1. The molecule has 12 heteroatoms. The monoisotopic (exact) mass is 488 g/mol. The highest BCUT2D eigenvalue weighted by Crippen LogP contribution is 2.37. The van der Waals surface area contributed by atoms with E-state index in [4.69, 9.17) is 5.73 Å². The zero-order valence-corrected chi connectivity index (χ0v) is 18.5. The van der Waals surface area contributed by atoms with Crippen molar-refractivity contribution in [1.82, 2.24) is 19.7 Å². The second kappa shape index (κ2) is 8.28. The Bertz CT molecular complexity index is 1500. The predicted octanol–water partition coefficient (Wildman–Crippen LogP) is 4.41. The molecule has 3 N–H and O–H groups in total. The largest absolute Gasteiger partial charge is 0.383 e. The average molecular weight is 488 g/mol. The van der Waals surface area contributed by atoms with Gasteiger partial charge in [0.1, 0.15) is 35.3 Å². The van der Waals surface area contributed by atoms with E-state index in [-0.39, 0.29) is 11.9 Å². The number of hydrogen-bond donors (Lipinski definition) is 2. The van der Waals surface area contributed by atoms with Crippen molar-refractivity contribution in [2.24, 2.45) is 0 Å². The van der Waals surface area contributed by atoms with Crippen molar-refractivity contribution in [2.45, 2.75) is 36.6 Å². The van der Waals surface area contributed by atoms with Crippen LogP contribution in [0.15, 0.2) is 47.6 Å². The Morgan fingerprint density at radius 1 is 1.00 bits per heavy atom. The second-order valence-electron chi connectivity index (χ2n) is 8.04. The van der Waals surface area contributed by atoms with Crippen molar-refractivity contribution in [3.63, 3.8) is 0 Å². The van der Waals surface area contributed by atoms with E-state index < -0.39 is 38.1 Å². The molecule has 2 aromatic carbocycles. The predicted molar refractivity (Wildman–Crippen MR) is 120 cm³/mol. The highest BCUT2D eigenvalue weighted by molar-refractivity contribution is 7.92. The molecule has 176 valence electrons. The third kappa shape index (κ3) is 3.73. The molecule has 0 radical (unpaired) electrons. The maximum absolute atomic E-state index is 15.0. The maximum atomic E-state index is 15.0. The Labute approximate surface area is 192 Å². The van der Waals surface area contributed by atoms with E-state index in [1.54, 1.807) is 4.68 Å². The molecule has 0 unspecified atom stereocenters. The maximum Gasteiger partial charge on any atom is 0.267 e. The third-order valence-electron chi connectivity index (χ3n) is 5.86. The van der Waals surface area contributed by atoms with Crippen molar-refractivity contribution >= 4 is 32.6 Å². The van der Waals surface area contributed by atoms with Gasteiger partial charge in [-0.15, -0.1) is 0 Å². The number of fused-ring (bicyclic) bond motifs is 1. The summed E-state index contributed by atoms with van der Waals surface area (Å²) in [6.45, 7) is 0. The summed E-state index contributed by atoms with van der Waals surface area (Å²) in [6, 6.07) is 6.43. The molecule has 2 heterocycles. The summed E-state index contributed by atoms with van der Waals surface area (Å²) < 4.78 is 71.6. The molecule has 0 atom stereocenters. The summed E-state index contributed by atoms with van der Waals surface area (Å²) >= 11 is 0. The summed E-state index contributed by atoms with van der Waals surface area (Å²) in [5, 5.41) is 5.12. The molecule has 34 heavy (non-hydrogen) atoms. The number of anilines is 2. The minimum absolute atomic E-state index is 0.136. The number of nitrogens with two attached hydrogens (primary N) is 1. The summed E-state index contributed by atoms with van der Waals surface area (Å²) in [5.41, 5.74) is 6.82. The topological polar surface area (TPSA) is 116 Å². The Kier molecular flexibility index (Phi) is 5.39. The zero-order chi connectivity index (χ0) is 24.0. The van der Waals surface area contributed by atoms with Crippen molar-refractivity contribution in [2.75, 3.05) is 10.5 Å². The first kappa shape index (κ1) is 22.1. The number of aromatic nitrogens is 4. The highest BCUT2D eigenvalue weighted by atomic mass is 32.2. The Balaban J connectivity index is 1.55. The van der Waals surface area contributed by atoms with E-state index in [1.807, 2.05) is 4.72 Å². The zero-order valence-electron chi connectivity index (χ0n) is 17.7. The Morgan fingerprint density at radius 3 is 2.38 bits per heavy atom. The fourth-order valence-corrected chi connectivity index (χ4v) is 5.49. The van der Waals surface area contributed by atoms with E-state index in [9.17, 15) is 21.6 Å². The van der Waals surface area contributed by atoms with Gasteiger partial charge in [0.25, 0.3) is 10.0 Å². The molecule has 8 nitrogen and oxygen atoms in total. The fraction of sp³-hybridized carbons (Fsp3) is 0.227. The summed E-state index contributed by atoms with van der Waals surface area (Å²) in [4.78, 5) is 7.16. The molecular weight excluding hydrogens is 469 g/mol. The molecule has 1 saturated carbocycles. The van der Waals surface area contributed by atoms with E-state index >= 15 is 0 Å². The van der Waals surface area contributed by atoms with Crippen molar-refractivity contribution in [3.8, 4) is 11.3 Å². The number of sulfonamides is 1. The van der Waals surface area contributed by atoms with E-state index in [0.29, 0.717) is 22.3 Å². The van der Waals surface area contributed by atoms with Gasteiger partial charge in [-0.1, -0.05) is 25.0 Å². The molecule has 4 aromatic rings. The van der Waals surface area contributed by atoms with Crippen LogP contribution in [0.5, 0.6) is 0 Å². The summed E-state index contributed by atoms with van der Waals surface area (Å²) in [6.07, 6.45) is 5.33. The van der Waals surface area contributed by atoms with Crippen LogP contribution in [0.2, 0.25) is 0 Å². The van der Waals surface area contributed by atoms with Crippen molar-refractivity contribution in [1.29, 1.82) is 0 Å². The molecule has 1 aliphatic rings. The van der Waals surface area contributed by atoms with Gasteiger partial charge < -0.3 is 5.73 Å². The smallest absolute Gasteiger partial charge is 0.267 e. The van der Waals surface area contributed by atoms with Crippen LogP contribution in [0.4, 0.5) is 24.7 Å². The van der Waals surface area contributed by atoms with Crippen LogP contribution in [0.3, 0.4) is 0 Å². The third-order valence-corrected chi connectivity index (χ3v) is 7.28. The first-order chi connectivity index (χ1) is 16.3. The van der Waals surface area contributed by atoms with Gasteiger partial charge in [0.2, 0.25) is 0 Å². The molecule has 0 amide bonds. The van der Waals surface area contributed by atoms with Crippen LogP contribution in [-0.2, 0) is 10.0 Å². The van der Waals surface area contributed by atoms with Gasteiger partial charge in [-0.3, -0.25) is 4.72 Å². The molecule has 0 spiro atoms. The molecule has 1 fully saturated rings. The standard InChI is InChI=1S/C22H19F3N6O2S/c23-14-6-3-7-15(24)20(14)34(32,33)30-17-9-8-12(10-16(17)25)19-18-21(26)27-11-28-22(18)31(29-19)13-4-1-2-5-13/h3,6-11,13,30H,1-2,4-5H2,(H2,26,27,28). The van der Waals surface area contributed by atoms with Crippen LogP contribution in [-0.4, -0.2) is 28.2 Å². The van der Waals surface area contributed by atoms with Crippen LogP contribution < -0.4 is 10.5 Å². The number of benzene rings is 2. The van der Waals surface area contributed by atoms with Crippen molar-refractivity contribution in [3.05, 3.63) is 60.2 Å². The number of nitrogen functional groups attached to an aromatic ring is 1. The van der Waals surface area contributed by atoms with Crippen LogP contribution in [0, 0.1) is 17.5 Å². The summed E-state index contributed by atoms with van der Waals surface area (Å²) in [7, 11) is -4.72. The number of hydrogen-bond acceptors (Lipinski definition) is 6. The number of rotatable bonds is 5. The van der Waals surface area contributed by atoms with Gasteiger partial charge in [-0.05, 0) is 37.1 Å². The Hall–Kier alpha value is -3.67. The van der Waals surface area contributed by atoms with Crippen LogP contribution in [0.1, 0.15) is 31.7 Å². The van der Waals surface area contributed by atoms with Gasteiger partial charge in [-0.2, -0.15) is 5.10 Å². The number of halogens is 3. The van der Waals surface area contributed by atoms with Gasteiger partial charge in [0.05, 0.1) is 17.1 Å². The molecule has 5 rings (SSSR count). The first-order valence-electron chi connectivity index (χ1n) is 10.5. The normalized spacial score (nSPS) is 14.7. The van der Waals surface area contributed by atoms with Gasteiger partial charge in [-0.25, -0.2) is 36.2 Å². The lowest BCUT2D eigenvalue weighted by Crippen LogP contribution is -2.17. The first-order valence-corrected chi connectivity index (χ1v) is 12.0.